The number of aromatic nitrogens is 3. The number of fused-ring (bicyclic) bond motifs is 2. The van der Waals surface area contributed by atoms with Crippen LogP contribution in [0.5, 0.6) is 0 Å². The number of rotatable bonds is 2. The average molecular weight is 423 g/mol. The van der Waals surface area contributed by atoms with E-state index in [0.717, 1.165) is 26.8 Å². The predicted molar refractivity (Wildman–Crippen MR) is 105 cm³/mol. The van der Waals surface area contributed by atoms with E-state index in [0.29, 0.717) is 23.8 Å². The van der Waals surface area contributed by atoms with E-state index in [1.807, 2.05) is 55.5 Å². The van der Waals surface area contributed by atoms with E-state index in [9.17, 15) is 4.79 Å². The van der Waals surface area contributed by atoms with Crippen LogP contribution in [0.4, 0.5) is 5.82 Å². The average Bonchev–Trinajstić information content (AvgIpc) is 3.23. The summed E-state index contributed by atoms with van der Waals surface area (Å²) in [4.78, 5) is 16.9. The highest BCUT2D eigenvalue weighted by atomic mass is 79.9. The largest absolute Gasteiger partial charge is 0.422 e. The van der Waals surface area contributed by atoms with E-state index >= 15 is 0 Å². The molecule has 1 atom stereocenters. The molecule has 2 aromatic carbocycles. The van der Waals surface area contributed by atoms with Gasteiger partial charge in [0.05, 0.1) is 5.69 Å². The summed E-state index contributed by atoms with van der Waals surface area (Å²) in [7, 11) is 0. The zero-order chi connectivity index (χ0) is 18.5. The third-order valence-corrected chi connectivity index (χ3v) is 5.37. The molecule has 27 heavy (non-hydrogen) atoms. The SMILES string of the molecule is Cc1nn(-c2nc3ccccc3o2)c2c1[C@H](c1ccc(Br)cc1)CC(=O)N2. The molecule has 3 heterocycles. The maximum Gasteiger partial charge on any atom is 0.325 e. The Balaban J connectivity index is 1.67. The molecule has 1 amide bonds. The fraction of sp³-hybridized carbons (Fsp3) is 0.150. The van der Waals surface area contributed by atoms with Crippen molar-refractivity contribution in [2.45, 2.75) is 19.3 Å². The van der Waals surface area contributed by atoms with E-state index in [2.05, 4.69) is 31.3 Å². The summed E-state index contributed by atoms with van der Waals surface area (Å²) >= 11 is 3.46. The van der Waals surface area contributed by atoms with Gasteiger partial charge in [-0.05, 0) is 36.8 Å². The third kappa shape index (κ3) is 2.66. The number of hydrogen-bond acceptors (Lipinski definition) is 4. The van der Waals surface area contributed by atoms with Crippen molar-refractivity contribution in [1.82, 2.24) is 14.8 Å². The third-order valence-electron chi connectivity index (χ3n) is 4.84. The summed E-state index contributed by atoms with van der Waals surface area (Å²) < 4.78 is 8.45. The van der Waals surface area contributed by atoms with Crippen molar-refractivity contribution in [3.8, 4) is 6.01 Å². The standard InChI is InChI=1S/C20H15BrN4O2/c1-11-18-14(12-6-8-13(21)9-7-12)10-17(26)23-19(18)25(24-11)20-22-15-4-2-3-5-16(15)27-20/h2-9,14H,10H2,1H3,(H,23,26)/t14-/m0/s1. The van der Waals surface area contributed by atoms with Crippen molar-refractivity contribution >= 4 is 38.8 Å². The zero-order valence-corrected chi connectivity index (χ0v) is 16.0. The number of carbonyl (C=O) groups is 1. The number of halogens is 1. The Morgan fingerprint density at radius 2 is 1.96 bits per heavy atom. The second-order valence-corrected chi connectivity index (χ2v) is 7.50. The first-order valence-corrected chi connectivity index (χ1v) is 9.40. The van der Waals surface area contributed by atoms with Crippen LogP contribution in [0.1, 0.15) is 29.2 Å². The fourth-order valence-corrected chi connectivity index (χ4v) is 3.88. The molecule has 5 rings (SSSR count). The lowest BCUT2D eigenvalue weighted by Crippen LogP contribution is -2.25. The van der Waals surface area contributed by atoms with Crippen LogP contribution in [0.3, 0.4) is 0 Å². The molecular formula is C20H15BrN4O2. The molecule has 6 nitrogen and oxygen atoms in total. The molecule has 0 saturated carbocycles. The Morgan fingerprint density at radius 3 is 2.74 bits per heavy atom. The highest BCUT2D eigenvalue weighted by molar-refractivity contribution is 9.10. The Labute approximate surface area is 163 Å². The van der Waals surface area contributed by atoms with Gasteiger partial charge in [0.1, 0.15) is 11.3 Å². The van der Waals surface area contributed by atoms with Crippen LogP contribution < -0.4 is 5.32 Å². The number of carbonyl (C=O) groups excluding carboxylic acids is 1. The first-order chi connectivity index (χ1) is 13.1. The van der Waals surface area contributed by atoms with Gasteiger partial charge in [0.25, 0.3) is 0 Å². The normalized spacial score (nSPS) is 16.4. The van der Waals surface area contributed by atoms with Gasteiger partial charge in [0, 0.05) is 22.4 Å². The highest BCUT2D eigenvalue weighted by Crippen LogP contribution is 2.40. The lowest BCUT2D eigenvalue weighted by molar-refractivity contribution is -0.116. The number of benzene rings is 2. The van der Waals surface area contributed by atoms with E-state index in [-0.39, 0.29) is 11.8 Å². The number of para-hydroxylation sites is 2. The van der Waals surface area contributed by atoms with Crippen LogP contribution in [-0.4, -0.2) is 20.7 Å². The van der Waals surface area contributed by atoms with Crippen molar-refractivity contribution in [2.24, 2.45) is 0 Å². The van der Waals surface area contributed by atoms with E-state index < -0.39 is 0 Å². The Bertz CT molecular complexity index is 1140. The van der Waals surface area contributed by atoms with Crippen molar-refractivity contribution in [3.63, 3.8) is 0 Å². The van der Waals surface area contributed by atoms with Crippen LogP contribution in [-0.2, 0) is 4.79 Å². The van der Waals surface area contributed by atoms with Gasteiger partial charge in [0.15, 0.2) is 5.58 Å². The second kappa shape index (κ2) is 6.06. The number of nitrogens with one attached hydrogen (secondary N) is 1. The topological polar surface area (TPSA) is 73.0 Å². The second-order valence-electron chi connectivity index (χ2n) is 6.58. The van der Waals surface area contributed by atoms with Gasteiger partial charge in [-0.2, -0.15) is 14.8 Å². The zero-order valence-electron chi connectivity index (χ0n) is 14.4. The molecule has 4 aromatic rings. The van der Waals surface area contributed by atoms with Gasteiger partial charge in [-0.25, -0.2) is 0 Å². The Kier molecular flexibility index (Phi) is 3.65. The summed E-state index contributed by atoms with van der Waals surface area (Å²) in [6, 6.07) is 15.9. The minimum atomic E-state index is -0.0556. The molecule has 1 aliphatic heterocycles. The number of nitrogens with zero attached hydrogens (tertiary/aromatic N) is 3. The number of hydrogen-bond donors (Lipinski definition) is 1. The molecular weight excluding hydrogens is 408 g/mol. The van der Waals surface area contributed by atoms with Crippen LogP contribution in [0.2, 0.25) is 0 Å². The summed E-state index contributed by atoms with van der Waals surface area (Å²) in [5.74, 6) is 0.524. The molecule has 1 N–H and O–H groups in total. The van der Waals surface area contributed by atoms with Crippen LogP contribution in [0, 0.1) is 6.92 Å². The first kappa shape index (κ1) is 16.3. The molecule has 0 unspecified atom stereocenters. The van der Waals surface area contributed by atoms with Crippen LogP contribution >= 0.6 is 15.9 Å². The molecule has 0 bridgehead atoms. The number of oxazole rings is 1. The van der Waals surface area contributed by atoms with E-state index in [4.69, 9.17) is 4.42 Å². The van der Waals surface area contributed by atoms with Crippen LogP contribution in [0.15, 0.2) is 57.4 Å². The van der Waals surface area contributed by atoms with Gasteiger partial charge in [-0.1, -0.05) is 40.2 Å². The molecule has 0 aliphatic carbocycles. The maximum atomic E-state index is 12.4. The van der Waals surface area contributed by atoms with Crippen molar-refractivity contribution in [1.29, 1.82) is 0 Å². The minimum absolute atomic E-state index is 0.0484. The van der Waals surface area contributed by atoms with Crippen molar-refractivity contribution in [2.75, 3.05) is 5.32 Å². The Hall–Kier alpha value is -2.93. The predicted octanol–water partition coefficient (Wildman–Crippen LogP) is 4.56. The molecule has 0 fully saturated rings. The Morgan fingerprint density at radius 1 is 1.19 bits per heavy atom. The molecule has 7 heteroatoms. The molecule has 0 saturated heterocycles. The van der Waals surface area contributed by atoms with Gasteiger partial charge in [-0.3, -0.25) is 4.79 Å². The van der Waals surface area contributed by atoms with Gasteiger partial charge >= 0.3 is 6.01 Å². The summed E-state index contributed by atoms with van der Waals surface area (Å²) in [6.07, 6.45) is 0.384. The summed E-state index contributed by atoms with van der Waals surface area (Å²) in [5, 5.41) is 7.58. The molecule has 1 aliphatic rings. The quantitative estimate of drug-likeness (QED) is 0.513. The minimum Gasteiger partial charge on any atom is -0.422 e. The van der Waals surface area contributed by atoms with Crippen molar-refractivity contribution in [3.05, 3.63) is 69.8 Å². The molecule has 0 spiro atoms. The highest BCUT2D eigenvalue weighted by Gasteiger charge is 2.33. The van der Waals surface area contributed by atoms with Gasteiger partial charge in [0.2, 0.25) is 5.91 Å². The van der Waals surface area contributed by atoms with E-state index in [1.54, 1.807) is 4.68 Å². The summed E-state index contributed by atoms with van der Waals surface area (Å²) in [5.41, 5.74) is 4.36. The number of anilines is 1. The van der Waals surface area contributed by atoms with Crippen molar-refractivity contribution < 1.29 is 9.21 Å². The smallest absolute Gasteiger partial charge is 0.325 e. The molecule has 2 aromatic heterocycles. The summed E-state index contributed by atoms with van der Waals surface area (Å²) in [6.45, 7) is 1.95. The van der Waals surface area contributed by atoms with Gasteiger partial charge in [-0.15, -0.1) is 0 Å². The fourth-order valence-electron chi connectivity index (χ4n) is 3.62. The first-order valence-electron chi connectivity index (χ1n) is 8.61. The van der Waals surface area contributed by atoms with E-state index in [1.165, 1.54) is 0 Å². The molecule has 134 valence electrons. The lowest BCUT2D eigenvalue weighted by Gasteiger charge is -2.24. The van der Waals surface area contributed by atoms with Crippen LogP contribution in [0.25, 0.3) is 17.1 Å². The van der Waals surface area contributed by atoms with Gasteiger partial charge < -0.3 is 9.73 Å². The number of aryl methyl sites for hydroxylation is 1. The monoisotopic (exact) mass is 422 g/mol. The number of amides is 1. The lowest BCUT2D eigenvalue weighted by atomic mass is 9.86. The maximum absolute atomic E-state index is 12.4. The molecule has 0 radical (unpaired) electrons.